The molecule has 1 aromatic carbocycles. The van der Waals surface area contributed by atoms with Crippen LogP contribution in [0.5, 0.6) is 5.75 Å². The van der Waals surface area contributed by atoms with Gasteiger partial charge in [-0.15, -0.1) is 0 Å². The molecule has 0 aliphatic carbocycles. The van der Waals surface area contributed by atoms with E-state index in [9.17, 15) is 9.59 Å². The van der Waals surface area contributed by atoms with Crippen LogP contribution < -0.4 is 9.64 Å². The summed E-state index contributed by atoms with van der Waals surface area (Å²) in [5, 5.41) is 9.11. The molecule has 1 atom stereocenters. The van der Waals surface area contributed by atoms with Crippen LogP contribution >= 0.6 is 0 Å². The number of carbonyl (C=O) groups is 2. The van der Waals surface area contributed by atoms with E-state index in [4.69, 9.17) is 9.84 Å². The molecule has 6 nitrogen and oxygen atoms in total. The summed E-state index contributed by atoms with van der Waals surface area (Å²) in [6.45, 7) is 1.73. The molecule has 0 radical (unpaired) electrons. The first-order valence-corrected chi connectivity index (χ1v) is 6.30. The van der Waals surface area contributed by atoms with E-state index in [0.29, 0.717) is 17.9 Å². The standard InChI is InChI=1S/C14H20N2O4/c1-5-10(13(17)18)15(2)14(19)16(3)11-8-6-7-9-12(11)20-4/h6-10H,5H2,1-4H3,(H,17,18). The average Bonchev–Trinajstić information content (AvgIpc) is 2.45. The van der Waals surface area contributed by atoms with Crippen LogP contribution in [-0.2, 0) is 4.79 Å². The van der Waals surface area contributed by atoms with Crippen molar-refractivity contribution in [1.82, 2.24) is 4.90 Å². The van der Waals surface area contributed by atoms with Crippen molar-refractivity contribution in [3.63, 3.8) is 0 Å². The zero-order chi connectivity index (χ0) is 15.3. The lowest BCUT2D eigenvalue weighted by Gasteiger charge is -2.29. The largest absolute Gasteiger partial charge is 0.495 e. The topological polar surface area (TPSA) is 70.1 Å². The van der Waals surface area contributed by atoms with Gasteiger partial charge in [-0.05, 0) is 18.6 Å². The number of nitrogens with zero attached hydrogens (tertiary/aromatic N) is 2. The Morgan fingerprint density at radius 3 is 2.40 bits per heavy atom. The normalized spacial score (nSPS) is 11.6. The molecule has 0 aliphatic heterocycles. The van der Waals surface area contributed by atoms with Crippen molar-refractivity contribution < 1.29 is 19.4 Å². The summed E-state index contributed by atoms with van der Waals surface area (Å²) in [5.41, 5.74) is 0.590. The number of benzene rings is 1. The van der Waals surface area contributed by atoms with Crippen LogP contribution in [0.3, 0.4) is 0 Å². The molecule has 110 valence electrons. The van der Waals surface area contributed by atoms with Crippen LogP contribution in [0, 0.1) is 0 Å². The lowest BCUT2D eigenvalue weighted by molar-refractivity contribution is -0.141. The highest BCUT2D eigenvalue weighted by atomic mass is 16.5. The molecule has 1 aromatic rings. The molecule has 0 aliphatic rings. The van der Waals surface area contributed by atoms with E-state index in [1.54, 1.807) is 38.2 Å². The van der Waals surface area contributed by atoms with Gasteiger partial charge in [0.2, 0.25) is 0 Å². The number of rotatable bonds is 5. The smallest absolute Gasteiger partial charge is 0.326 e. The first-order chi connectivity index (χ1) is 9.43. The third-order valence-electron chi connectivity index (χ3n) is 3.17. The second-order valence-corrected chi connectivity index (χ2v) is 4.39. The maximum absolute atomic E-state index is 12.3. The molecule has 6 heteroatoms. The maximum atomic E-state index is 12.3. The maximum Gasteiger partial charge on any atom is 0.326 e. The van der Waals surface area contributed by atoms with Gasteiger partial charge in [0.25, 0.3) is 0 Å². The summed E-state index contributed by atoms with van der Waals surface area (Å²) < 4.78 is 5.20. The van der Waals surface area contributed by atoms with Gasteiger partial charge in [0.15, 0.2) is 0 Å². The monoisotopic (exact) mass is 280 g/mol. The Labute approximate surface area is 118 Å². The molecule has 0 heterocycles. The van der Waals surface area contributed by atoms with Gasteiger partial charge in [-0.25, -0.2) is 9.59 Å². The molecule has 2 amide bonds. The third kappa shape index (κ3) is 3.20. The number of urea groups is 1. The Kier molecular flexibility index (Phi) is 5.37. The Balaban J connectivity index is 2.99. The van der Waals surface area contributed by atoms with E-state index in [1.165, 1.54) is 24.0 Å². The van der Waals surface area contributed by atoms with E-state index in [-0.39, 0.29) is 0 Å². The van der Waals surface area contributed by atoms with E-state index in [0.717, 1.165) is 0 Å². The van der Waals surface area contributed by atoms with Gasteiger partial charge in [-0.1, -0.05) is 19.1 Å². The molecule has 0 bridgehead atoms. The number of ether oxygens (including phenoxy) is 1. The minimum atomic E-state index is -1.02. The molecule has 1 rings (SSSR count). The SMILES string of the molecule is CCC(C(=O)O)N(C)C(=O)N(C)c1ccccc1OC. The molecule has 0 fully saturated rings. The van der Waals surface area contributed by atoms with Crippen LogP contribution in [0.1, 0.15) is 13.3 Å². The van der Waals surface area contributed by atoms with Crippen molar-refractivity contribution in [2.45, 2.75) is 19.4 Å². The van der Waals surface area contributed by atoms with Crippen LogP contribution in [-0.4, -0.2) is 49.3 Å². The highest BCUT2D eigenvalue weighted by molar-refractivity contribution is 5.95. The molecular formula is C14H20N2O4. The Morgan fingerprint density at radius 1 is 1.30 bits per heavy atom. The van der Waals surface area contributed by atoms with E-state index >= 15 is 0 Å². The second kappa shape index (κ2) is 6.79. The molecule has 0 spiro atoms. The summed E-state index contributed by atoms with van der Waals surface area (Å²) in [5.74, 6) is -0.461. The van der Waals surface area contributed by atoms with Gasteiger partial charge in [0, 0.05) is 14.1 Å². The lowest BCUT2D eigenvalue weighted by atomic mass is 10.2. The predicted molar refractivity (Wildman–Crippen MR) is 76.3 cm³/mol. The van der Waals surface area contributed by atoms with Crippen molar-refractivity contribution in [3.05, 3.63) is 24.3 Å². The number of likely N-dealkylation sites (N-methyl/N-ethyl adjacent to an activating group) is 1. The predicted octanol–water partition coefficient (Wildman–Crippen LogP) is 2.05. The molecule has 0 aromatic heterocycles. The number of carboxylic acid groups (broad SMARTS) is 1. The molecule has 1 unspecified atom stereocenters. The first kappa shape index (κ1) is 15.8. The first-order valence-electron chi connectivity index (χ1n) is 6.30. The fourth-order valence-electron chi connectivity index (χ4n) is 1.99. The number of amides is 2. The second-order valence-electron chi connectivity index (χ2n) is 4.39. The van der Waals surface area contributed by atoms with E-state index in [1.807, 2.05) is 0 Å². The highest BCUT2D eigenvalue weighted by Gasteiger charge is 2.28. The van der Waals surface area contributed by atoms with Crippen molar-refractivity contribution in [1.29, 1.82) is 0 Å². The summed E-state index contributed by atoms with van der Waals surface area (Å²) in [6.07, 6.45) is 0.345. The van der Waals surface area contributed by atoms with E-state index < -0.39 is 18.0 Å². The number of carbonyl (C=O) groups excluding carboxylic acids is 1. The van der Waals surface area contributed by atoms with Crippen LogP contribution in [0.2, 0.25) is 0 Å². The van der Waals surface area contributed by atoms with Gasteiger partial charge in [0.05, 0.1) is 12.8 Å². The molecule has 20 heavy (non-hydrogen) atoms. The van der Waals surface area contributed by atoms with Gasteiger partial charge in [-0.3, -0.25) is 4.90 Å². The van der Waals surface area contributed by atoms with Crippen molar-refractivity contribution in [2.24, 2.45) is 0 Å². The minimum Gasteiger partial charge on any atom is -0.495 e. The Morgan fingerprint density at radius 2 is 1.90 bits per heavy atom. The third-order valence-corrected chi connectivity index (χ3v) is 3.17. The summed E-state index contributed by atoms with van der Waals surface area (Å²) in [4.78, 5) is 26.1. The quantitative estimate of drug-likeness (QED) is 0.896. The Bertz CT molecular complexity index is 490. The summed E-state index contributed by atoms with van der Waals surface area (Å²) in [7, 11) is 4.59. The number of anilines is 1. The van der Waals surface area contributed by atoms with Gasteiger partial charge >= 0.3 is 12.0 Å². The van der Waals surface area contributed by atoms with Crippen molar-refractivity contribution >= 4 is 17.7 Å². The number of aliphatic carboxylic acids is 1. The fourth-order valence-corrected chi connectivity index (χ4v) is 1.99. The fraction of sp³-hybridized carbons (Fsp3) is 0.429. The van der Waals surface area contributed by atoms with Crippen LogP contribution in [0.25, 0.3) is 0 Å². The van der Waals surface area contributed by atoms with Crippen molar-refractivity contribution in [2.75, 3.05) is 26.1 Å². The van der Waals surface area contributed by atoms with Crippen molar-refractivity contribution in [3.8, 4) is 5.75 Å². The molecular weight excluding hydrogens is 260 g/mol. The summed E-state index contributed by atoms with van der Waals surface area (Å²) in [6, 6.07) is 5.83. The highest BCUT2D eigenvalue weighted by Crippen LogP contribution is 2.27. The molecule has 0 saturated carbocycles. The number of carboxylic acids is 1. The number of hydrogen-bond donors (Lipinski definition) is 1. The average molecular weight is 280 g/mol. The van der Waals surface area contributed by atoms with Crippen LogP contribution in [0.4, 0.5) is 10.5 Å². The van der Waals surface area contributed by atoms with Gasteiger partial charge in [-0.2, -0.15) is 0 Å². The van der Waals surface area contributed by atoms with Gasteiger partial charge in [0.1, 0.15) is 11.8 Å². The lowest BCUT2D eigenvalue weighted by Crippen LogP contribution is -2.47. The number of methoxy groups -OCH3 is 1. The number of para-hydroxylation sites is 2. The molecule has 0 saturated heterocycles. The zero-order valence-corrected chi connectivity index (χ0v) is 12.2. The van der Waals surface area contributed by atoms with Crippen LogP contribution in [0.15, 0.2) is 24.3 Å². The minimum absolute atomic E-state index is 0.345. The summed E-state index contributed by atoms with van der Waals surface area (Å²) >= 11 is 0. The zero-order valence-electron chi connectivity index (χ0n) is 12.2. The van der Waals surface area contributed by atoms with E-state index in [2.05, 4.69) is 0 Å². The molecule has 1 N–H and O–H groups in total. The number of hydrogen-bond acceptors (Lipinski definition) is 3. The van der Waals surface area contributed by atoms with Gasteiger partial charge < -0.3 is 14.7 Å². The Hall–Kier alpha value is -2.24.